The first-order chi connectivity index (χ1) is 4.74. The van der Waals surface area contributed by atoms with Crippen molar-refractivity contribution in [2.75, 3.05) is 0 Å². The van der Waals surface area contributed by atoms with Gasteiger partial charge in [-0.05, 0) is 11.6 Å². The second kappa shape index (κ2) is 2.96. The number of tetrazole rings is 1. The Hall–Kier alpha value is -0.640. The van der Waals surface area contributed by atoms with Crippen LogP contribution in [0.3, 0.4) is 0 Å². The van der Waals surface area contributed by atoms with Crippen LogP contribution in [-0.4, -0.2) is 20.2 Å². The minimum absolute atomic E-state index is 0.103. The number of aryl methyl sites for hydroxylation is 1. The van der Waals surface area contributed by atoms with Crippen LogP contribution in [0, 0.1) is 0 Å². The quantitative estimate of drug-likeness (QED) is 0.604. The van der Waals surface area contributed by atoms with Gasteiger partial charge in [0.25, 0.3) is 0 Å². The van der Waals surface area contributed by atoms with Crippen LogP contribution in [0.15, 0.2) is 0 Å². The van der Waals surface area contributed by atoms with Crippen LogP contribution >= 0.6 is 11.6 Å². The molecule has 56 valence electrons. The predicted octanol–water partition coefficient (Wildman–Crippen LogP) is 0.900. The Balaban J connectivity index is 2.74. The van der Waals surface area contributed by atoms with Crippen molar-refractivity contribution in [2.24, 2.45) is 7.05 Å². The van der Waals surface area contributed by atoms with Gasteiger partial charge in [-0.15, -0.1) is 21.8 Å². The van der Waals surface area contributed by atoms with Crippen molar-refractivity contribution in [2.45, 2.75) is 18.7 Å². The Kier molecular flexibility index (Phi) is 2.21. The topological polar surface area (TPSA) is 43.6 Å². The number of nitrogens with zero attached hydrogens (tertiary/aromatic N) is 4. The molecule has 0 radical (unpaired) electrons. The van der Waals surface area contributed by atoms with Crippen molar-refractivity contribution in [3.63, 3.8) is 0 Å². The summed E-state index contributed by atoms with van der Waals surface area (Å²) in [4.78, 5) is 1.40. The molecule has 1 aromatic heterocycles. The van der Waals surface area contributed by atoms with E-state index in [1.165, 1.54) is 4.80 Å². The smallest absolute Gasteiger partial charge is 0.167 e. The van der Waals surface area contributed by atoms with Gasteiger partial charge in [-0.3, -0.25) is 0 Å². The minimum Gasteiger partial charge on any atom is -0.167 e. The molecule has 1 unspecified atom stereocenters. The molecular formula is C5H9ClN4. The van der Waals surface area contributed by atoms with Crippen LogP contribution in [0.1, 0.15) is 24.5 Å². The maximum absolute atomic E-state index is 5.83. The van der Waals surface area contributed by atoms with Gasteiger partial charge in [0.05, 0.1) is 12.4 Å². The van der Waals surface area contributed by atoms with Gasteiger partial charge in [0.2, 0.25) is 0 Å². The Bertz CT molecular complexity index is 209. The molecule has 1 aromatic rings. The van der Waals surface area contributed by atoms with Crippen LogP contribution in [0.5, 0.6) is 0 Å². The summed E-state index contributed by atoms with van der Waals surface area (Å²) >= 11 is 5.83. The highest BCUT2D eigenvalue weighted by Crippen LogP contribution is 2.18. The average Bonchev–Trinajstić information content (AvgIpc) is 2.34. The minimum atomic E-state index is -0.103. The molecule has 0 saturated heterocycles. The van der Waals surface area contributed by atoms with E-state index in [9.17, 15) is 0 Å². The Morgan fingerprint density at radius 2 is 2.40 bits per heavy atom. The molecule has 0 amide bonds. The molecular weight excluding hydrogens is 152 g/mol. The normalized spacial score (nSPS) is 13.5. The molecule has 1 rings (SSSR count). The third-order valence-corrected chi connectivity index (χ3v) is 1.67. The Labute approximate surface area is 64.2 Å². The van der Waals surface area contributed by atoms with E-state index in [1.807, 2.05) is 6.92 Å². The van der Waals surface area contributed by atoms with Gasteiger partial charge in [-0.25, -0.2) is 0 Å². The Morgan fingerprint density at radius 3 is 2.80 bits per heavy atom. The van der Waals surface area contributed by atoms with E-state index >= 15 is 0 Å². The van der Waals surface area contributed by atoms with Gasteiger partial charge in [0.15, 0.2) is 5.82 Å². The lowest BCUT2D eigenvalue weighted by molar-refractivity contribution is 0.626. The van der Waals surface area contributed by atoms with Crippen molar-refractivity contribution < 1.29 is 0 Å². The fourth-order valence-corrected chi connectivity index (χ4v) is 0.694. The zero-order valence-electron chi connectivity index (χ0n) is 5.95. The standard InChI is InChI=1S/C5H9ClN4/c1-3-4(6)5-7-9-10(2)8-5/h4H,3H2,1-2H3. The van der Waals surface area contributed by atoms with Crippen LogP contribution in [0.4, 0.5) is 0 Å². The lowest BCUT2D eigenvalue weighted by atomic mass is 10.3. The molecule has 0 bridgehead atoms. The summed E-state index contributed by atoms with van der Waals surface area (Å²) in [6.07, 6.45) is 0.827. The summed E-state index contributed by atoms with van der Waals surface area (Å²) < 4.78 is 0. The van der Waals surface area contributed by atoms with E-state index in [-0.39, 0.29) is 5.38 Å². The summed E-state index contributed by atoms with van der Waals surface area (Å²) in [6.45, 7) is 1.98. The number of alkyl halides is 1. The molecule has 1 heterocycles. The fourth-order valence-electron chi connectivity index (χ4n) is 0.607. The van der Waals surface area contributed by atoms with Crippen molar-refractivity contribution in [3.8, 4) is 0 Å². The summed E-state index contributed by atoms with van der Waals surface area (Å²) in [5, 5.41) is 11.3. The fraction of sp³-hybridized carbons (Fsp3) is 0.800. The van der Waals surface area contributed by atoms with Crippen LogP contribution < -0.4 is 0 Å². The van der Waals surface area contributed by atoms with E-state index in [1.54, 1.807) is 7.05 Å². The summed E-state index contributed by atoms with van der Waals surface area (Å²) in [7, 11) is 1.72. The van der Waals surface area contributed by atoms with E-state index in [0.717, 1.165) is 6.42 Å². The largest absolute Gasteiger partial charge is 0.192 e. The summed E-state index contributed by atoms with van der Waals surface area (Å²) in [5.41, 5.74) is 0. The maximum atomic E-state index is 5.83. The molecule has 4 nitrogen and oxygen atoms in total. The van der Waals surface area contributed by atoms with Gasteiger partial charge < -0.3 is 0 Å². The number of hydrogen-bond donors (Lipinski definition) is 0. The first-order valence-electron chi connectivity index (χ1n) is 3.12. The molecule has 0 aliphatic heterocycles. The number of hydrogen-bond acceptors (Lipinski definition) is 3. The zero-order chi connectivity index (χ0) is 7.56. The third kappa shape index (κ3) is 1.44. The van der Waals surface area contributed by atoms with E-state index in [2.05, 4.69) is 15.4 Å². The summed E-state index contributed by atoms with van der Waals surface area (Å²) in [5.74, 6) is 0.603. The first-order valence-corrected chi connectivity index (χ1v) is 3.55. The molecule has 10 heavy (non-hydrogen) atoms. The summed E-state index contributed by atoms with van der Waals surface area (Å²) in [6, 6.07) is 0. The SMILES string of the molecule is CCC(Cl)c1nnn(C)n1. The number of aromatic nitrogens is 4. The van der Waals surface area contributed by atoms with Crippen molar-refractivity contribution in [3.05, 3.63) is 5.82 Å². The van der Waals surface area contributed by atoms with Crippen LogP contribution in [-0.2, 0) is 7.05 Å². The van der Waals surface area contributed by atoms with E-state index in [4.69, 9.17) is 11.6 Å². The highest BCUT2D eigenvalue weighted by Gasteiger charge is 2.09. The molecule has 0 fully saturated rings. The van der Waals surface area contributed by atoms with E-state index < -0.39 is 0 Å². The predicted molar refractivity (Wildman–Crippen MR) is 37.7 cm³/mol. The molecule has 0 saturated carbocycles. The van der Waals surface area contributed by atoms with Crippen molar-refractivity contribution >= 4 is 11.6 Å². The van der Waals surface area contributed by atoms with Gasteiger partial charge in [-0.2, -0.15) is 4.80 Å². The molecule has 0 aromatic carbocycles. The zero-order valence-corrected chi connectivity index (χ0v) is 6.71. The van der Waals surface area contributed by atoms with Crippen LogP contribution in [0.25, 0.3) is 0 Å². The van der Waals surface area contributed by atoms with Gasteiger partial charge >= 0.3 is 0 Å². The number of halogens is 1. The van der Waals surface area contributed by atoms with Gasteiger partial charge in [0, 0.05) is 0 Å². The third-order valence-electron chi connectivity index (χ3n) is 1.16. The highest BCUT2D eigenvalue weighted by atomic mass is 35.5. The lowest BCUT2D eigenvalue weighted by Gasteiger charge is -1.95. The van der Waals surface area contributed by atoms with E-state index in [0.29, 0.717) is 5.82 Å². The molecule has 0 aliphatic carbocycles. The van der Waals surface area contributed by atoms with Crippen molar-refractivity contribution in [1.29, 1.82) is 0 Å². The molecule has 5 heteroatoms. The molecule has 0 aliphatic rings. The van der Waals surface area contributed by atoms with Gasteiger partial charge in [0.1, 0.15) is 0 Å². The second-order valence-corrected chi connectivity index (χ2v) is 2.54. The lowest BCUT2D eigenvalue weighted by Crippen LogP contribution is -1.94. The van der Waals surface area contributed by atoms with Crippen LogP contribution in [0.2, 0.25) is 0 Å². The highest BCUT2D eigenvalue weighted by molar-refractivity contribution is 6.20. The maximum Gasteiger partial charge on any atom is 0.192 e. The average molecular weight is 161 g/mol. The van der Waals surface area contributed by atoms with Gasteiger partial charge in [-0.1, -0.05) is 6.92 Å². The molecule has 0 N–H and O–H groups in total. The monoisotopic (exact) mass is 160 g/mol. The Morgan fingerprint density at radius 1 is 1.70 bits per heavy atom. The molecule has 1 atom stereocenters. The first kappa shape index (κ1) is 7.47. The second-order valence-electron chi connectivity index (χ2n) is 2.01. The number of rotatable bonds is 2. The van der Waals surface area contributed by atoms with Crippen molar-refractivity contribution in [1.82, 2.24) is 20.2 Å². The molecule has 0 spiro atoms.